The minimum absolute atomic E-state index is 0.533. The minimum Gasteiger partial charge on any atom is -0.387 e. The van der Waals surface area contributed by atoms with Crippen molar-refractivity contribution < 1.29 is 5.11 Å². The summed E-state index contributed by atoms with van der Waals surface area (Å²) in [6, 6.07) is 18.8. The second-order valence-corrected chi connectivity index (χ2v) is 5.07. The summed E-state index contributed by atoms with van der Waals surface area (Å²) in [5, 5.41) is 13.2. The van der Waals surface area contributed by atoms with E-state index in [0.717, 1.165) is 6.42 Å². The number of benzene rings is 2. The highest BCUT2D eigenvalue weighted by atomic mass is 16.3. The van der Waals surface area contributed by atoms with E-state index >= 15 is 0 Å². The molecule has 1 heterocycles. The maximum absolute atomic E-state index is 10.1. The largest absolute Gasteiger partial charge is 0.387 e. The third-order valence-corrected chi connectivity index (χ3v) is 3.50. The Labute approximate surface area is 107 Å². The van der Waals surface area contributed by atoms with Crippen LogP contribution < -0.4 is 5.32 Å². The Morgan fingerprint density at radius 3 is 2.06 bits per heavy atom. The highest BCUT2D eigenvalue weighted by Gasteiger charge is 2.33. The molecule has 0 bridgehead atoms. The van der Waals surface area contributed by atoms with Crippen LogP contribution in [0.3, 0.4) is 0 Å². The summed E-state index contributed by atoms with van der Waals surface area (Å²) in [4.78, 5) is 0. The van der Waals surface area contributed by atoms with E-state index in [1.54, 1.807) is 0 Å². The molecule has 0 aliphatic carbocycles. The lowest BCUT2D eigenvalue weighted by atomic mass is 9.88. The predicted octanol–water partition coefficient (Wildman–Crippen LogP) is 2.23. The SMILES string of the molecule is OC1(Cc2ccc(-c3ccccc3)cc2)CNC1. The molecule has 92 valence electrons. The zero-order chi connectivity index (χ0) is 12.4. The first-order valence-corrected chi connectivity index (χ1v) is 6.33. The predicted molar refractivity (Wildman–Crippen MR) is 73.4 cm³/mol. The molecule has 1 aliphatic rings. The Kier molecular flexibility index (Phi) is 2.90. The zero-order valence-corrected chi connectivity index (χ0v) is 10.3. The monoisotopic (exact) mass is 239 g/mol. The smallest absolute Gasteiger partial charge is 0.0935 e. The first-order valence-electron chi connectivity index (χ1n) is 6.33. The Balaban J connectivity index is 1.77. The Morgan fingerprint density at radius 1 is 0.889 bits per heavy atom. The van der Waals surface area contributed by atoms with E-state index in [1.807, 2.05) is 18.2 Å². The van der Waals surface area contributed by atoms with Crippen molar-refractivity contribution in [2.45, 2.75) is 12.0 Å². The number of β-amino-alcohol motifs (C(OH)–C–C–N with tert-alkyl or cyclic N) is 1. The van der Waals surface area contributed by atoms with Crippen molar-refractivity contribution in [1.82, 2.24) is 5.32 Å². The molecule has 1 saturated heterocycles. The summed E-state index contributed by atoms with van der Waals surface area (Å²) in [6.45, 7) is 1.40. The average molecular weight is 239 g/mol. The number of aliphatic hydroxyl groups is 1. The topological polar surface area (TPSA) is 32.3 Å². The molecule has 0 saturated carbocycles. The van der Waals surface area contributed by atoms with E-state index in [2.05, 4.69) is 41.7 Å². The molecule has 2 heteroatoms. The molecule has 2 aromatic carbocycles. The van der Waals surface area contributed by atoms with E-state index in [0.29, 0.717) is 13.1 Å². The highest BCUT2D eigenvalue weighted by molar-refractivity contribution is 5.63. The van der Waals surface area contributed by atoms with Crippen LogP contribution in [0.15, 0.2) is 54.6 Å². The molecule has 1 aliphatic heterocycles. The van der Waals surface area contributed by atoms with Crippen molar-refractivity contribution in [3.63, 3.8) is 0 Å². The number of rotatable bonds is 3. The van der Waals surface area contributed by atoms with Crippen molar-refractivity contribution >= 4 is 0 Å². The zero-order valence-electron chi connectivity index (χ0n) is 10.3. The maximum Gasteiger partial charge on any atom is 0.0935 e. The second kappa shape index (κ2) is 4.56. The van der Waals surface area contributed by atoms with Gasteiger partial charge in [0, 0.05) is 19.5 Å². The average Bonchev–Trinajstić information content (AvgIpc) is 2.39. The van der Waals surface area contributed by atoms with Crippen LogP contribution >= 0.6 is 0 Å². The first-order chi connectivity index (χ1) is 8.75. The Bertz CT molecular complexity index is 515. The molecule has 18 heavy (non-hydrogen) atoms. The molecule has 1 fully saturated rings. The van der Waals surface area contributed by atoms with Crippen molar-refractivity contribution in [1.29, 1.82) is 0 Å². The lowest BCUT2D eigenvalue weighted by Crippen LogP contribution is -2.60. The quantitative estimate of drug-likeness (QED) is 0.861. The summed E-state index contributed by atoms with van der Waals surface area (Å²) < 4.78 is 0. The van der Waals surface area contributed by atoms with Crippen LogP contribution in [0.2, 0.25) is 0 Å². The van der Waals surface area contributed by atoms with E-state index < -0.39 is 5.60 Å². The van der Waals surface area contributed by atoms with Gasteiger partial charge in [0.05, 0.1) is 5.60 Å². The molecule has 0 unspecified atom stereocenters. The molecule has 3 rings (SSSR count). The molecule has 2 nitrogen and oxygen atoms in total. The van der Waals surface area contributed by atoms with Crippen LogP contribution in [0.25, 0.3) is 11.1 Å². The molecule has 0 amide bonds. The van der Waals surface area contributed by atoms with Gasteiger partial charge >= 0.3 is 0 Å². The molecule has 2 N–H and O–H groups in total. The molecule has 0 spiro atoms. The van der Waals surface area contributed by atoms with Crippen molar-refractivity contribution in [3.8, 4) is 11.1 Å². The van der Waals surface area contributed by atoms with Gasteiger partial charge in [-0.25, -0.2) is 0 Å². The normalized spacial score (nSPS) is 17.2. The van der Waals surface area contributed by atoms with Gasteiger partial charge in [0.15, 0.2) is 0 Å². The summed E-state index contributed by atoms with van der Waals surface area (Å²) in [5.41, 5.74) is 3.11. The van der Waals surface area contributed by atoms with Gasteiger partial charge in [0.2, 0.25) is 0 Å². The molecule has 0 radical (unpaired) electrons. The maximum atomic E-state index is 10.1. The van der Waals surface area contributed by atoms with Gasteiger partial charge in [-0.15, -0.1) is 0 Å². The van der Waals surface area contributed by atoms with Crippen LogP contribution in [-0.2, 0) is 6.42 Å². The van der Waals surface area contributed by atoms with Crippen LogP contribution in [0.5, 0.6) is 0 Å². The summed E-state index contributed by atoms with van der Waals surface area (Å²) in [5.74, 6) is 0. The highest BCUT2D eigenvalue weighted by Crippen LogP contribution is 2.22. The van der Waals surface area contributed by atoms with Gasteiger partial charge in [-0.2, -0.15) is 0 Å². The minimum atomic E-state index is -0.533. The van der Waals surface area contributed by atoms with Crippen molar-refractivity contribution in [2.24, 2.45) is 0 Å². The first kappa shape index (κ1) is 11.5. The van der Waals surface area contributed by atoms with E-state index in [9.17, 15) is 5.11 Å². The fraction of sp³-hybridized carbons (Fsp3) is 0.250. The Morgan fingerprint density at radius 2 is 1.50 bits per heavy atom. The fourth-order valence-electron chi connectivity index (χ4n) is 2.36. The molecule has 0 atom stereocenters. The summed E-state index contributed by atoms with van der Waals surface area (Å²) in [6.07, 6.45) is 0.731. The lowest BCUT2D eigenvalue weighted by molar-refractivity contribution is -0.00901. The number of nitrogens with one attached hydrogen (secondary N) is 1. The number of hydrogen-bond donors (Lipinski definition) is 2. The van der Waals surface area contributed by atoms with Crippen LogP contribution in [-0.4, -0.2) is 23.8 Å². The molecular formula is C16H17NO. The third kappa shape index (κ3) is 2.30. The van der Waals surface area contributed by atoms with Crippen LogP contribution in [0, 0.1) is 0 Å². The van der Waals surface area contributed by atoms with Gasteiger partial charge in [0.1, 0.15) is 0 Å². The second-order valence-electron chi connectivity index (χ2n) is 5.07. The fourth-order valence-corrected chi connectivity index (χ4v) is 2.36. The van der Waals surface area contributed by atoms with E-state index in [-0.39, 0.29) is 0 Å². The Hall–Kier alpha value is -1.64. The van der Waals surface area contributed by atoms with Gasteiger partial charge < -0.3 is 10.4 Å². The van der Waals surface area contributed by atoms with Gasteiger partial charge in [-0.05, 0) is 16.7 Å². The van der Waals surface area contributed by atoms with E-state index in [4.69, 9.17) is 0 Å². The van der Waals surface area contributed by atoms with E-state index in [1.165, 1.54) is 16.7 Å². The third-order valence-electron chi connectivity index (χ3n) is 3.50. The van der Waals surface area contributed by atoms with Gasteiger partial charge in [-0.3, -0.25) is 0 Å². The summed E-state index contributed by atoms with van der Waals surface area (Å²) in [7, 11) is 0. The number of hydrogen-bond acceptors (Lipinski definition) is 2. The standard InChI is InChI=1S/C16H17NO/c18-16(11-17-12-16)10-13-6-8-15(9-7-13)14-4-2-1-3-5-14/h1-9,17-18H,10-12H2. The lowest BCUT2D eigenvalue weighted by Gasteiger charge is -2.37. The summed E-state index contributed by atoms with van der Waals surface area (Å²) >= 11 is 0. The van der Waals surface area contributed by atoms with Gasteiger partial charge in [0.25, 0.3) is 0 Å². The van der Waals surface area contributed by atoms with Crippen molar-refractivity contribution in [3.05, 3.63) is 60.2 Å². The van der Waals surface area contributed by atoms with Crippen LogP contribution in [0.4, 0.5) is 0 Å². The van der Waals surface area contributed by atoms with Crippen LogP contribution in [0.1, 0.15) is 5.56 Å². The van der Waals surface area contributed by atoms with Crippen molar-refractivity contribution in [2.75, 3.05) is 13.1 Å². The molecule has 0 aromatic heterocycles. The molecular weight excluding hydrogens is 222 g/mol. The molecule has 2 aromatic rings. The van der Waals surface area contributed by atoms with Gasteiger partial charge in [-0.1, -0.05) is 54.6 Å².